The van der Waals surface area contributed by atoms with Gasteiger partial charge in [0, 0.05) is 5.56 Å². The van der Waals surface area contributed by atoms with E-state index in [1.165, 1.54) is 12.1 Å². The molecule has 0 spiro atoms. The Morgan fingerprint density at radius 3 is 2.47 bits per heavy atom. The van der Waals surface area contributed by atoms with E-state index in [1.807, 2.05) is 6.07 Å². The summed E-state index contributed by atoms with van der Waals surface area (Å²) in [6.45, 7) is 5.20. The first-order chi connectivity index (χ1) is 8.75. The average Bonchev–Trinajstić information content (AvgIpc) is 2.33. The molecule has 1 amide bonds. The summed E-state index contributed by atoms with van der Waals surface area (Å²) in [5.74, 6) is -1.59. The third-order valence-corrected chi connectivity index (χ3v) is 2.64. The minimum Gasteiger partial charge on any atom is -0.480 e. The minimum atomic E-state index is -1.09. The van der Waals surface area contributed by atoms with Crippen LogP contribution in [0, 0.1) is 16.7 Å². The van der Waals surface area contributed by atoms with Gasteiger partial charge in [-0.05, 0) is 23.6 Å². The second-order valence-corrected chi connectivity index (χ2v) is 5.30. The van der Waals surface area contributed by atoms with E-state index < -0.39 is 23.3 Å². The highest BCUT2D eigenvalue weighted by Crippen LogP contribution is 2.20. The molecular weight excluding hydrogens is 244 g/mol. The Bertz CT molecular complexity index is 538. The Kier molecular flexibility index (Phi) is 4.28. The summed E-state index contributed by atoms with van der Waals surface area (Å²) in [6, 6.07) is 7.07. The molecular formula is C14H16N2O3. The van der Waals surface area contributed by atoms with Crippen LogP contribution < -0.4 is 5.32 Å². The zero-order chi connectivity index (χ0) is 14.6. The second-order valence-electron chi connectivity index (χ2n) is 5.30. The van der Waals surface area contributed by atoms with Crippen LogP contribution in [-0.2, 0) is 4.79 Å². The SMILES string of the molecule is CC(C)(C)[C@H](NC(=O)c1cccc(C#N)c1)C(=O)O. The Morgan fingerprint density at radius 2 is 2.00 bits per heavy atom. The molecule has 2 N–H and O–H groups in total. The third kappa shape index (κ3) is 3.81. The standard InChI is InChI=1S/C14H16N2O3/c1-14(2,3)11(13(18)19)16-12(17)10-6-4-5-9(7-10)8-15/h4-7,11H,1-3H3,(H,16,17)(H,18,19)/t11-/m1/s1. The predicted molar refractivity (Wildman–Crippen MR) is 69.5 cm³/mol. The number of hydrogen-bond acceptors (Lipinski definition) is 3. The molecule has 0 heterocycles. The van der Waals surface area contributed by atoms with Gasteiger partial charge in [0.1, 0.15) is 6.04 Å². The Hall–Kier alpha value is -2.35. The number of carboxylic acids is 1. The summed E-state index contributed by atoms with van der Waals surface area (Å²) in [5, 5.41) is 20.4. The first-order valence-electron chi connectivity index (χ1n) is 5.79. The number of nitriles is 1. The molecule has 5 nitrogen and oxygen atoms in total. The molecule has 1 rings (SSSR count). The fraction of sp³-hybridized carbons (Fsp3) is 0.357. The van der Waals surface area contributed by atoms with E-state index in [1.54, 1.807) is 32.9 Å². The number of amides is 1. The highest BCUT2D eigenvalue weighted by atomic mass is 16.4. The van der Waals surface area contributed by atoms with E-state index in [9.17, 15) is 9.59 Å². The molecule has 1 atom stereocenters. The summed E-state index contributed by atoms with van der Waals surface area (Å²) >= 11 is 0. The maximum absolute atomic E-state index is 12.0. The van der Waals surface area contributed by atoms with Crippen LogP contribution in [0.15, 0.2) is 24.3 Å². The summed E-state index contributed by atoms with van der Waals surface area (Å²) in [5.41, 5.74) is 0.0266. The topological polar surface area (TPSA) is 90.2 Å². The molecule has 0 saturated heterocycles. The zero-order valence-corrected chi connectivity index (χ0v) is 11.1. The molecule has 0 unspecified atom stereocenters. The lowest BCUT2D eigenvalue weighted by Gasteiger charge is -2.27. The zero-order valence-electron chi connectivity index (χ0n) is 11.1. The number of hydrogen-bond donors (Lipinski definition) is 2. The van der Waals surface area contributed by atoms with E-state index in [4.69, 9.17) is 10.4 Å². The highest BCUT2D eigenvalue weighted by molar-refractivity contribution is 5.97. The molecule has 0 aliphatic rings. The molecule has 5 heteroatoms. The van der Waals surface area contributed by atoms with Gasteiger partial charge in [0.25, 0.3) is 5.91 Å². The lowest BCUT2D eigenvalue weighted by atomic mass is 9.86. The molecule has 0 fully saturated rings. The van der Waals surface area contributed by atoms with Crippen LogP contribution in [0.3, 0.4) is 0 Å². The van der Waals surface area contributed by atoms with Crippen molar-refractivity contribution in [3.63, 3.8) is 0 Å². The normalized spacial score (nSPS) is 12.3. The fourth-order valence-corrected chi connectivity index (χ4v) is 1.59. The quantitative estimate of drug-likeness (QED) is 0.866. The molecule has 0 aliphatic heterocycles. The van der Waals surface area contributed by atoms with Gasteiger partial charge in [-0.2, -0.15) is 5.26 Å². The Morgan fingerprint density at radius 1 is 1.37 bits per heavy atom. The molecule has 1 aromatic rings. The summed E-state index contributed by atoms with van der Waals surface area (Å²) in [6.07, 6.45) is 0. The van der Waals surface area contributed by atoms with Crippen molar-refractivity contribution in [3.8, 4) is 6.07 Å². The van der Waals surface area contributed by atoms with Crippen LogP contribution in [0.25, 0.3) is 0 Å². The van der Waals surface area contributed by atoms with Gasteiger partial charge in [-0.3, -0.25) is 4.79 Å². The van der Waals surface area contributed by atoms with Crippen molar-refractivity contribution in [2.75, 3.05) is 0 Å². The van der Waals surface area contributed by atoms with Crippen molar-refractivity contribution < 1.29 is 14.7 Å². The first kappa shape index (κ1) is 14.7. The van der Waals surface area contributed by atoms with E-state index in [2.05, 4.69) is 5.32 Å². The fourth-order valence-electron chi connectivity index (χ4n) is 1.59. The van der Waals surface area contributed by atoms with Crippen LogP contribution in [-0.4, -0.2) is 23.0 Å². The van der Waals surface area contributed by atoms with Gasteiger partial charge >= 0.3 is 5.97 Å². The van der Waals surface area contributed by atoms with Gasteiger partial charge in [0.15, 0.2) is 0 Å². The Labute approximate surface area is 111 Å². The van der Waals surface area contributed by atoms with Gasteiger partial charge in [-0.15, -0.1) is 0 Å². The van der Waals surface area contributed by atoms with E-state index in [0.29, 0.717) is 5.56 Å². The molecule has 100 valence electrons. The van der Waals surface area contributed by atoms with Crippen LogP contribution >= 0.6 is 0 Å². The first-order valence-corrected chi connectivity index (χ1v) is 5.79. The van der Waals surface area contributed by atoms with Crippen molar-refractivity contribution >= 4 is 11.9 Å². The minimum absolute atomic E-state index is 0.273. The predicted octanol–water partition coefficient (Wildman–Crippen LogP) is 1.79. The third-order valence-electron chi connectivity index (χ3n) is 2.64. The Balaban J connectivity index is 2.95. The van der Waals surface area contributed by atoms with Gasteiger partial charge in [-0.1, -0.05) is 26.8 Å². The van der Waals surface area contributed by atoms with Crippen molar-refractivity contribution in [3.05, 3.63) is 35.4 Å². The van der Waals surface area contributed by atoms with E-state index in [-0.39, 0.29) is 5.56 Å². The van der Waals surface area contributed by atoms with Crippen LogP contribution in [0.2, 0.25) is 0 Å². The molecule has 1 aromatic carbocycles. The number of benzene rings is 1. The van der Waals surface area contributed by atoms with Crippen molar-refractivity contribution in [1.29, 1.82) is 5.26 Å². The number of carboxylic acid groups (broad SMARTS) is 1. The van der Waals surface area contributed by atoms with Crippen molar-refractivity contribution in [2.24, 2.45) is 5.41 Å². The van der Waals surface area contributed by atoms with E-state index >= 15 is 0 Å². The van der Waals surface area contributed by atoms with Crippen LogP contribution in [0.5, 0.6) is 0 Å². The van der Waals surface area contributed by atoms with Crippen LogP contribution in [0.4, 0.5) is 0 Å². The lowest BCUT2D eigenvalue weighted by molar-refractivity contribution is -0.142. The van der Waals surface area contributed by atoms with Crippen molar-refractivity contribution in [1.82, 2.24) is 5.32 Å². The smallest absolute Gasteiger partial charge is 0.326 e. The monoisotopic (exact) mass is 260 g/mol. The molecule has 0 saturated carbocycles. The molecule has 0 aliphatic carbocycles. The summed E-state index contributed by atoms with van der Waals surface area (Å²) in [7, 11) is 0. The number of rotatable bonds is 3. The van der Waals surface area contributed by atoms with Gasteiger partial charge in [-0.25, -0.2) is 4.79 Å². The summed E-state index contributed by atoms with van der Waals surface area (Å²) < 4.78 is 0. The molecule has 0 radical (unpaired) electrons. The number of aliphatic carboxylic acids is 1. The van der Waals surface area contributed by atoms with Gasteiger partial charge in [0.05, 0.1) is 11.6 Å². The highest BCUT2D eigenvalue weighted by Gasteiger charge is 2.32. The van der Waals surface area contributed by atoms with E-state index in [0.717, 1.165) is 0 Å². The summed E-state index contributed by atoms with van der Waals surface area (Å²) in [4.78, 5) is 23.2. The largest absolute Gasteiger partial charge is 0.480 e. The number of nitrogens with one attached hydrogen (secondary N) is 1. The maximum atomic E-state index is 12.0. The number of nitrogens with zero attached hydrogens (tertiary/aromatic N) is 1. The number of carbonyl (C=O) groups excluding carboxylic acids is 1. The maximum Gasteiger partial charge on any atom is 0.326 e. The van der Waals surface area contributed by atoms with Gasteiger partial charge < -0.3 is 10.4 Å². The molecule has 19 heavy (non-hydrogen) atoms. The molecule has 0 bridgehead atoms. The van der Waals surface area contributed by atoms with Gasteiger partial charge in [0.2, 0.25) is 0 Å². The van der Waals surface area contributed by atoms with Crippen LogP contribution in [0.1, 0.15) is 36.7 Å². The number of carbonyl (C=O) groups is 2. The second kappa shape index (κ2) is 5.53. The average molecular weight is 260 g/mol. The van der Waals surface area contributed by atoms with Crippen molar-refractivity contribution in [2.45, 2.75) is 26.8 Å². The molecule has 0 aromatic heterocycles. The lowest BCUT2D eigenvalue weighted by Crippen LogP contribution is -2.49.